The molecule has 0 radical (unpaired) electrons. The van der Waals surface area contributed by atoms with E-state index in [0.29, 0.717) is 17.3 Å². The number of alkyl halides is 6. The third-order valence-corrected chi connectivity index (χ3v) is 9.89. The first-order chi connectivity index (χ1) is 22.6. The molecular formula is C38H29BF6N2. The first-order valence-electron chi connectivity index (χ1n) is 15.9. The van der Waals surface area contributed by atoms with E-state index in [1.165, 1.54) is 30.7 Å². The molecule has 0 bridgehead atoms. The van der Waals surface area contributed by atoms with Crippen molar-refractivity contribution in [2.45, 2.75) is 50.4 Å². The van der Waals surface area contributed by atoms with Crippen LogP contribution in [0.1, 0.15) is 54.7 Å². The van der Waals surface area contributed by atoms with Gasteiger partial charge in [-0.25, -0.2) is 0 Å². The Kier molecular flexibility index (Phi) is 6.93. The number of para-hydroxylation sites is 2. The summed E-state index contributed by atoms with van der Waals surface area (Å²) in [5.41, 5.74) is 7.40. The van der Waals surface area contributed by atoms with Crippen molar-refractivity contribution in [2.24, 2.45) is 0 Å². The van der Waals surface area contributed by atoms with E-state index in [0.717, 1.165) is 94.7 Å². The Balaban J connectivity index is 1.41. The number of benzene rings is 5. The molecule has 0 atom stereocenters. The minimum Gasteiger partial charge on any atom is -0.311 e. The minimum absolute atomic E-state index is 0.191. The van der Waals surface area contributed by atoms with Gasteiger partial charge >= 0.3 is 12.4 Å². The number of halogens is 6. The van der Waals surface area contributed by atoms with E-state index in [2.05, 4.69) is 34.1 Å². The lowest BCUT2D eigenvalue weighted by Crippen LogP contribution is -2.61. The molecule has 1 fully saturated rings. The SMILES string of the molecule is FC(F)(F)c1ccc(N2c3ccccc3B3c4ccccc4N(c4ccc(C(F)(F)F)cc4)c4cc(C5CCCCC5)cc2c43)cc1. The van der Waals surface area contributed by atoms with Crippen LogP contribution in [0.4, 0.5) is 60.5 Å². The van der Waals surface area contributed by atoms with E-state index in [-0.39, 0.29) is 6.71 Å². The Morgan fingerprint density at radius 1 is 0.511 bits per heavy atom. The second kappa shape index (κ2) is 11.0. The maximum Gasteiger partial charge on any atom is 0.416 e. The summed E-state index contributed by atoms with van der Waals surface area (Å²) >= 11 is 0. The van der Waals surface area contributed by atoms with Crippen molar-refractivity contribution in [3.05, 3.63) is 126 Å². The summed E-state index contributed by atoms with van der Waals surface area (Å²) in [4.78, 5) is 4.10. The molecule has 236 valence electrons. The molecule has 2 aliphatic heterocycles. The van der Waals surface area contributed by atoms with Gasteiger partial charge in [0.15, 0.2) is 0 Å². The number of rotatable bonds is 3. The van der Waals surface area contributed by atoms with Gasteiger partial charge in [0.2, 0.25) is 0 Å². The fraction of sp³-hybridized carbons (Fsp3) is 0.211. The maximum atomic E-state index is 13.6. The molecule has 1 aliphatic carbocycles. The maximum absolute atomic E-state index is 13.6. The topological polar surface area (TPSA) is 6.48 Å². The van der Waals surface area contributed by atoms with Crippen LogP contribution >= 0.6 is 0 Å². The van der Waals surface area contributed by atoms with E-state index >= 15 is 0 Å². The van der Waals surface area contributed by atoms with Crippen LogP contribution in [0.5, 0.6) is 0 Å². The van der Waals surface area contributed by atoms with Gasteiger partial charge in [-0.1, -0.05) is 55.7 Å². The molecule has 2 heterocycles. The predicted octanol–water partition coefficient (Wildman–Crippen LogP) is 9.85. The molecule has 0 saturated heterocycles. The largest absolute Gasteiger partial charge is 0.416 e. The number of nitrogens with zero attached hydrogens (tertiary/aromatic N) is 2. The van der Waals surface area contributed by atoms with Gasteiger partial charge in [0.05, 0.1) is 11.1 Å². The highest BCUT2D eigenvalue weighted by atomic mass is 19.4. The number of anilines is 6. The number of hydrogen-bond acceptors (Lipinski definition) is 2. The zero-order chi connectivity index (χ0) is 32.5. The van der Waals surface area contributed by atoms with Crippen LogP contribution in [0.2, 0.25) is 0 Å². The van der Waals surface area contributed by atoms with Crippen molar-refractivity contribution in [3.8, 4) is 0 Å². The lowest BCUT2D eigenvalue weighted by atomic mass is 9.33. The van der Waals surface area contributed by atoms with E-state index < -0.39 is 23.5 Å². The zero-order valence-corrected chi connectivity index (χ0v) is 25.2. The minimum atomic E-state index is -4.46. The lowest BCUT2D eigenvalue weighted by Gasteiger charge is -2.44. The Hall–Kier alpha value is -4.66. The molecule has 47 heavy (non-hydrogen) atoms. The van der Waals surface area contributed by atoms with E-state index in [4.69, 9.17) is 0 Å². The summed E-state index contributed by atoms with van der Waals surface area (Å²) in [7, 11) is 0. The summed E-state index contributed by atoms with van der Waals surface area (Å²) in [5, 5.41) is 0. The Morgan fingerprint density at radius 3 is 1.36 bits per heavy atom. The van der Waals surface area contributed by atoms with Gasteiger partial charge in [-0.3, -0.25) is 0 Å². The Morgan fingerprint density at radius 2 is 0.936 bits per heavy atom. The zero-order valence-electron chi connectivity index (χ0n) is 25.2. The van der Waals surface area contributed by atoms with Gasteiger partial charge in [-0.05, 0) is 114 Å². The van der Waals surface area contributed by atoms with Crippen LogP contribution < -0.4 is 26.2 Å². The highest BCUT2D eigenvalue weighted by Gasteiger charge is 2.44. The Bertz CT molecular complexity index is 1830. The molecule has 5 aromatic carbocycles. The summed E-state index contributed by atoms with van der Waals surface area (Å²) in [6.07, 6.45) is -3.49. The molecular weight excluding hydrogens is 609 g/mol. The van der Waals surface area contributed by atoms with E-state index in [1.54, 1.807) is 0 Å². The second-order valence-electron chi connectivity index (χ2n) is 12.6. The Labute approximate surface area is 269 Å². The normalized spacial score (nSPS) is 16.1. The van der Waals surface area contributed by atoms with Crippen molar-refractivity contribution in [1.29, 1.82) is 0 Å². The molecule has 0 aromatic heterocycles. The number of hydrogen-bond donors (Lipinski definition) is 0. The van der Waals surface area contributed by atoms with Gasteiger partial charge in [0.25, 0.3) is 6.71 Å². The molecule has 9 heteroatoms. The van der Waals surface area contributed by atoms with Gasteiger partial charge in [-0.15, -0.1) is 0 Å². The van der Waals surface area contributed by atoms with Crippen molar-refractivity contribution in [3.63, 3.8) is 0 Å². The van der Waals surface area contributed by atoms with Crippen molar-refractivity contribution < 1.29 is 26.3 Å². The van der Waals surface area contributed by atoms with Crippen molar-refractivity contribution in [1.82, 2.24) is 0 Å². The standard InChI is InChI=1S/C38H29BF6N2/c40-37(41,42)26-14-18-28(19-15-26)46-32-12-6-4-10-30(32)39-31-11-5-7-13-33(31)47(29-20-16-27(17-21-29)38(43,44)45)35-23-25(22-34(46)36(35)39)24-8-2-1-3-9-24/h4-7,10-24H,1-3,8-9H2. The van der Waals surface area contributed by atoms with E-state index in [9.17, 15) is 26.3 Å². The quantitative estimate of drug-likeness (QED) is 0.141. The van der Waals surface area contributed by atoms with Gasteiger partial charge < -0.3 is 9.80 Å². The van der Waals surface area contributed by atoms with Gasteiger partial charge in [-0.2, -0.15) is 26.3 Å². The molecule has 8 rings (SSSR count). The molecule has 3 aliphatic rings. The van der Waals surface area contributed by atoms with Crippen LogP contribution in [0, 0.1) is 0 Å². The monoisotopic (exact) mass is 638 g/mol. The van der Waals surface area contributed by atoms with Crippen LogP contribution in [0.3, 0.4) is 0 Å². The molecule has 0 unspecified atom stereocenters. The summed E-state index contributed by atoms with van der Waals surface area (Å²) in [6, 6.07) is 30.9. The molecule has 0 N–H and O–H groups in total. The average molecular weight is 638 g/mol. The smallest absolute Gasteiger partial charge is 0.311 e. The van der Waals surface area contributed by atoms with Crippen molar-refractivity contribution >= 4 is 57.2 Å². The van der Waals surface area contributed by atoms with Gasteiger partial charge in [0, 0.05) is 34.1 Å². The fourth-order valence-electron chi connectivity index (χ4n) is 7.75. The highest BCUT2D eigenvalue weighted by molar-refractivity contribution is 7.00. The molecule has 1 saturated carbocycles. The molecule has 5 aromatic rings. The van der Waals surface area contributed by atoms with Crippen LogP contribution in [0.15, 0.2) is 109 Å². The molecule has 0 spiro atoms. The lowest BCUT2D eigenvalue weighted by molar-refractivity contribution is -0.138. The predicted molar refractivity (Wildman–Crippen MR) is 176 cm³/mol. The fourth-order valence-corrected chi connectivity index (χ4v) is 7.75. The van der Waals surface area contributed by atoms with Crippen LogP contribution in [-0.4, -0.2) is 6.71 Å². The van der Waals surface area contributed by atoms with Crippen LogP contribution in [-0.2, 0) is 12.4 Å². The number of fused-ring (bicyclic) bond motifs is 4. The third-order valence-electron chi connectivity index (χ3n) is 9.89. The van der Waals surface area contributed by atoms with Crippen molar-refractivity contribution in [2.75, 3.05) is 9.80 Å². The average Bonchev–Trinajstić information content (AvgIpc) is 3.08. The van der Waals surface area contributed by atoms with E-state index in [1.807, 2.05) is 36.4 Å². The van der Waals surface area contributed by atoms with Gasteiger partial charge in [0.1, 0.15) is 0 Å². The summed E-state index contributed by atoms with van der Waals surface area (Å²) in [6.45, 7) is -0.191. The second-order valence-corrected chi connectivity index (χ2v) is 12.6. The molecule has 2 nitrogen and oxygen atoms in total. The van der Waals surface area contributed by atoms with Crippen LogP contribution in [0.25, 0.3) is 0 Å². The summed E-state index contributed by atoms with van der Waals surface area (Å²) < 4.78 is 81.7. The first kappa shape index (κ1) is 29.7. The third kappa shape index (κ3) is 4.98. The summed E-state index contributed by atoms with van der Waals surface area (Å²) in [5.74, 6) is 0.294. The highest BCUT2D eigenvalue weighted by Crippen LogP contribution is 2.47. The molecule has 0 amide bonds. The first-order valence-corrected chi connectivity index (χ1v) is 15.9.